The molecule has 2 unspecified atom stereocenters. The smallest absolute Gasteiger partial charge is 0.0518 e. The van der Waals surface area contributed by atoms with Crippen molar-refractivity contribution in [1.82, 2.24) is 10.2 Å². The minimum atomic E-state index is 0.376. The molecule has 0 amide bonds. The van der Waals surface area contributed by atoms with Gasteiger partial charge in [0.25, 0.3) is 0 Å². The van der Waals surface area contributed by atoms with Gasteiger partial charge in [-0.25, -0.2) is 0 Å². The van der Waals surface area contributed by atoms with Crippen LogP contribution in [0.4, 0.5) is 0 Å². The largest absolute Gasteiger partial charge is 0.379 e. The minimum Gasteiger partial charge on any atom is -0.379 e. The average molecular weight is 254 g/mol. The first-order valence-electron chi connectivity index (χ1n) is 7.77. The molecule has 1 aliphatic heterocycles. The molecule has 2 atom stereocenters. The molecular formula is C15H30N2O. The quantitative estimate of drug-likeness (QED) is 0.673. The van der Waals surface area contributed by atoms with Crippen LogP contribution in [0.25, 0.3) is 0 Å². The van der Waals surface area contributed by atoms with Gasteiger partial charge in [-0.3, -0.25) is 4.90 Å². The average Bonchev–Trinajstić information content (AvgIpc) is 3.08. The maximum absolute atomic E-state index is 5.55. The number of nitrogens with one attached hydrogen (secondary N) is 1. The Morgan fingerprint density at radius 2 is 2.06 bits per heavy atom. The third kappa shape index (κ3) is 4.52. The molecule has 2 aliphatic rings. The first kappa shape index (κ1) is 14.3. The predicted octanol–water partition coefficient (Wildman–Crippen LogP) is 2.41. The predicted molar refractivity (Wildman–Crippen MR) is 75.9 cm³/mol. The molecule has 0 radical (unpaired) electrons. The van der Waals surface area contributed by atoms with Gasteiger partial charge in [0, 0.05) is 31.3 Å². The lowest BCUT2D eigenvalue weighted by Crippen LogP contribution is -2.34. The van der Waals surface area contributed by atoms with Gasteiger partial charge in [0.15, 0.2) is 0 Å². The molecule has 1 heterocycles. The van der Waals surface area contributed by atoms with E-state index in [1.165, 1.54) is 38.6 Å². The second kappa shape index (κ2) is 6.88. The van der Waals surface area contributed by atoms with Crippen LogP contribution in [0.3, 0.4) is 0 Å². The van der Waals surface area contributed by atoms with E-state index < -0.39 is 0 Å². The third-order valence-corrected chi connectivity index (χ3v) is 4.09. The van der Waals surface area contributed by atoms with E-state index in [2.05, 4.69) is 31.0 Å². The van der Waals surface area contributed by atoms with Crippen LogP contribution in [0.1, 0.15) is 52.9 Å². The summed E-state index contributed by atoms with van der Waals surface area (Å²) in [6.45, 7) is 9.92. The molecule has 2 rings (SSSR count). The molecule has 0 bridgehead atoms. The maximum Gasteiger partial charge on any atom is 0.0518 e. The lowest BCUT2D eigenvalue weighted by atomic mass is 10.2. The van der Waals surface area contributed by atoms with Crippen LogP contribution in [0.15, 0.2) is 0 Å². The molecule has 1 saturated heterocycles. The summed E-state index contributed by atoms with van der Waals surface area (Å²) in [4.78, 5) is 2.71. The Morgan fingerprint density at radius 1 is 1.28 bits per heavy atom. The molecule has 0 aromatic rings. The molecule has 0 aromatic heterocycles. The Kier molecular flexibility index (Phi) is 5.46. The molecule has 1 aliphatic carbocycles. The molecule has 18 heavy (non-hydrogen) atoms. The van der Waals surface area contributed by atoms with Crippen molar-refractivity contribution in [2.45, 2.75) is 77.1 Å². The second-order valence-corrected chi connectivity index (χ2v) is 6.29. The monoisotopic (exact) mass is 254 g/mol. The Hall–Kier alpha value is -0.120. The zero-order valence-corrected chi connectivity index (χ0v) is 12.3. The summed E-state index contributed by atoms with van der Waals surface area (Å²) < 4.78 is 5.55. The first-order chi connectivity index (χ1) is 8.66. The summed E-state index contributed by atoms with van der Waals surface area (Å²) in [6.07, 6.45) is 6.99. The molecule has 0 aromatic carbocycles. The lowest BCUT2D eigenvalue weighted by molar-refractivity contribution is 0.0759. The van der Waals surface area contributed by atoms with Gasteiger partial charge in [-0.05, 0) is 59.4 Å². The van der Waals surface area contributed by atoms with Crippen LogP contribution >= 0.6 is 0 Å². The molecule has 106 valence electrons. The maximum atomic E-state index is 5.55. The normalized spacial score (nSPS) is 29.3. The lowest BCUT2D eigenvalue weighted by Gasteiger charge is -2.19. The Bertz CT molecular complexity index is 241. The van der Waals surface area contributed by atoms with Gasteiger partial charge < -0.3 is 10.1 Å². The Labute approximate surface area is 112 Å². The molecular weight excluding hydrogens is 224 g/mol. The van der Waals surface area contributed by atoms with E-state index in [0.29, 0.717) is 6.10 Å². The highest BCUT2D eigenvalue weighted by Crippen LogP contribution is 2.33. The van der Waals surface area contributed by atoms with E-state index in [4.69, 9.17) is 4.74 Å². The Balaban J connectivity index is 1.50. The summed E-state index contributed by atoms with van der Waals surface area (Å²) in [5.74, 6) is 0. The van der Waals surface area contributed by atoms with Crippen LogP contribution in [0.5, 0.6) is 0 Å². The molecule has 1 N–H and O–H groups in total. The first-order valence-corrected chi connectivity index (χ1v) is 7.77. The van der Waals surface area contributed by atoms with Gasteiger partial charge in [0.05, 0.1) is 6.10 Å². The zero-order valence-electron chi connectivity index (χ0n) is 12.3. The number of ether oxygens (including phenoxy) is 1. The fraction of sp³-hybridized carbons (Fsp3) is 1.00. The molecule has 1 saturated carbocycles. The number of rotatable bonds is 8. The van der Waals surface area contributed by atoms with Crippen molar-refractivity contribution in [2.24, 2.45) is 0 Å². The van der Waals surface area contributed by atoms with E-state index in [1.807, 2.05) is 0 Å². The topological polar surface area (TPSA) is 24.5 Å². The number of nitrogens with zero attached hydrogens (tertiary/aromatic N) is 1. The van der Waals surface area contributed by atoms with Crippen molar-refractivity contribution in [2.75, 3.05) is 19.7 Å². The fourth-order valence-corrected chi connectivity index (χ4v) is 2.97. The summed E-state index contributed by atoms with van der Waals surface area (Å²) in [6, 6.07) is 2.44. The standard InChI is InChI=1S/C15H30N2O/c1-12(2)18-9-5-4-8-16-14-10-13(3)17(11-14)15-6-7-15/h12-16H,4-11H2,1-3H3. The summed E-state index contributed by atoms with van der Waals surface area (Å²) in [5, 5.41) is 3.72. The van der Waals surface area contributed by atoms with E-state index in [0.717, 1.165) is 31.3 Å². The van der Waals surface area contributed by atoms with Gasteiger partial charge >= 0.3 is 0 Å². The van der Waals surface area contributed by atoms with Gasteiger partial charge in [-0.2, -0.15) is 0 Å². The highest BCUT2D eigenvalue weighted by atomic mass is 16.5. The minimum absolute atomic E-state index is 0.376. The number of hydrogen-bond acceptors (Lipinski definition) is 3. The van der Waals surface area contributed by atoms with Crippen molar-refractivity contribution < 1.29 is 4.74 Å². The van der Waals surface area contributed by atoms with Crippen LogP contribution in [0.2, 0.25) is 0 Å². The summed E-state index contributed by atoms with van der Waals surface area (Å²) in [7, 11) is 0. The SMILES string of the molecule is CC(C)OCCCCNC1CC(C)N(C2CC2)C1. The Morgan fingerprint density at radius 3 is 2.72 bits per heavy atom. The van der Waals surface area contributed by atoms with Gasteiger partial charge in [-0.1, -0.05) is 0 Å². The van der Waals surface area contributed by atoms with Crippen LogP contribution in [0, 0.1) is 0 Å². The molecule has 0 spiro atoms. The number of unbranched alkanes of at least 4 members (excludes halogenated alkanes) is 1. The van der Waals surface area contributed by atoms with Crippen molar-refractivity contribution in [3.63, 3.8) is 0 Å². The second-order valence-electron chi connectivity index (χ2n) is 6.29. The van der Waals surface area contributed by atoms with E-state index in [1.54, 1.807) is 0 Å². The van der Waals surface area contributed by atoms with E-state index in [9.17, 15) is 0 Å². The van der Waals surface area contributed by atoms with E-state index in [-0.39, 0.29) is 0 Å². The fourth-order valence-electron chi connectivity index (χ4n) is 2.97. The van der Waals surface area contributed by atoms with Gasteiger partial charge in [0.2, 0.25) is 0 Å². The summed E-state index contributed by atoms with van der Waals surface area (Å²) >= 11 is 0. The van der Waals surface area contributed by atoms with Crippen LogP contribution in [-0.2, 0) is 4.74 Å². The van der Waals surface area contributed by atoms with Crippen molar-refractivity contribution in [1.29, 1.82) is 0 Å². The third-order valence-electron chi connectivity index (χ3n) is 4.09. The van der Waals surface area contributed by atoms with Crippen LogP contribution < -0.4 is 5.32 Å². The zero-order chi connectivity index (χ0) is 13.0. The number of likely N-dealkylation sites (tertiary alicyclic amines) is 1. The van der Waals surface area contributed by atoms with Gasteiger partial charge in [-0.15, -0.1) is 0 Å². The van der Waals surface area contributed by atoms with E-state index >= 15 is 0 Å². The highest BCUT2D eigenvalue weighted by Gasteiger charge is 2.38. The van der Waals surface area contributed by atoms with Crippen molar-refractivity contribution in [3.05, 3.63) is 0 Å². The van der Waals surface area contributed by atoms with Crippen LogP contribution in [-0.4, -0.2) is 48.8 Å². The highest BCUT2D eigenvalue weighted by molar-refractivity contribution is 4.95. The molecule has 3 nitrogen and oxygen atoms in total. The molecule has 2 fully saturated rings. The van der Waals surface area contributed by atoms with Gasteiger partial charge in [0.1, 0.15) is 0 Å². The van der Waals surface area contributed by atoms with Crippen molar-refractivity contribution >= 4 is 0 Å². The number of hydrogen-bond donors (Lipinski definition) is 1. The van der Waals surface area contributed by atoms with Crippen molar-refractivity contribution in [3.8, 4) is 0 Å². The summed E-state index contributed by atoms with van der Waals surface area (Å²) in [5.41, 5.74) is 0. The molecule has 3 heteroatoms.